The molecule has 10 heteroatoms. The highest BCUT2D eigenvalue weighted by molar-refractivity contribution is 6.34. The summed E-state index contributed by atoms with van der Waals surface area (Å²) in [6.07, 6.45) is -2.20. The number of halogens is 1. The Morgan fingerprint density at radius 2 is 1.86 bits per heavy atom. The van der Waals surface area contributed by atoms with Crippen LogP contribution in [0.5, 0.6) is 11.5 Å². The van der Waals surface area contributed by atoms with E-state index in [4.69, 9.17) is 30.5 Å². The lowest BCUT2D eigenvalue weighted by atomic mass is 9.92. The van der Waals surface area contributed by atoms with Gasteiger partial charge in [-0.3, -0.25) is 9.59 Å². The van der Waals surface area contributed by atoms with E-state index in [0.717, 1.165) is 0 Å². The van der Waals surface area contributed by atoms with Gasteiger partial charge in [-0.1, -0.05) is 37.6 Å². The SMILES string of the molecule is COc1cccc([C@H]2O[C@@H](C(=O)C(=O)O)CN(CC(C)(C)COC(C)=O)c3ccc(Cl)cc32)c1OC. The summed E-state index contributed by atoms with van der Waals surface area (Å²) in [5, 5.41) is 9.96. The van der Waals surface area contributed by atoms with Crippen molar-refractivity contribution < 1.29 is 38.4 Å². The van der Waals surface area contributed by atoms with Crippen LogP contribution in [0.15, 0.2) is 36.4 Å². The maximum Gasteiger partial charge on any atom is 0.375 e. The van der Waals surface area contributed by atoms with Crippen molar-refractivity contribution in [3.05, 3.63) is 52.5 Å². The highest BCUT2D eigenvalue weighted by Gasteiger charge is 2.39. The van der Waals surface area contributed by atoms with Crippen LogP contribution in [0, 0.1) is 5.41 Å². The third-order valence-corrected chi connectivity index (χ3v) is 6.04. The molecule has 1 N–H and O–H groups in total. The summed E-state index contributed by atoms with van der Waals surface area (Å²) in [5.74, 6) is -2.24. The molecule has 9 nitrogen and oxygen atoms in total. The first-order chi connectivity index (χ1) is 17.0. The molecule has 0 unspecified atom stereocenters. The Balaban J connectivity index is 2.18. The number of anilines is 1. The van der Waals surface area contributed by atoms with E-state index in [0.29, 0.717) is 39.9 Å². The molecule has 0 spiro atoms. The fraction of sp³-hybridized carbons (Fsp3) is 0.423. The van der Waals surface area contributed by atoms with Crippen LogP contribution < -0.4 is 14.4 Å². The summed E-state index contributed by atoms with van der Waals surface area (Å²) >= 11 is 6.38. The number of Topliss-reactive ketones (excluding diaryl/α,β-unsaturated/α-hetero) is 1. The molecule has 0 saturated heterocycles. The first kappa shape index (κ1) is 27.3. The number of fused-ring (bicyclic) bond motifs is 1. The number of aliphatic carboxylic acids is 1. The smallest absolute Gasteiger partial charge is 0.375 e. The van der Waals surface area contributed by atoms with Crippen LogP contribution in [0.4, 0.5) is 5.69 Å². The van der Waals surface area contributed by atoms with Crippen molar-refractivity contribution in [2.75, 3.05) is 38.8 Å². The third-order valence-electron chi connectivity index (χ3n) is 5.80. The van der Waals surface area contributed by atoms with Gasteiger partial charge in [0.2, 0.25) is 0 Å². The van der Waals surface area contributed by atoms with Gasteiger partial charge in [-0.25, -0.2) is 4.79 Å². The van der Waals surface area contributed by atoms with Gasteiger partial charge in [0.25, 0.3) is 5.78 Å². The molecular formula is C26H30ClNO8. The molecule has 2 aromatic rings. The molecule has 0 aromatic heterocycles. The topological polar surface area (TPSA) is 112 Å². The molecule has 2 atom stereocenters. The maximum atomic E-state index is 12.7. The highest BCUT2D eigenvalue weighted by Crippen LogP contribution is 2.45. The van der Waals surface area contributed by atoms with Crippen molar-refractivity contribution in [1.82, 2.24) is 0 Å². The number of rotatable bonds is 9. The molecule has 36 heavy (non-hydrogen) atoms. The predicted molar refractivity (Wildman–Crippen MR) is 133 cm³/mol. The number of para-hydroxylation sites is 1. The number of hydrogen-bond donors (Lipinski definition) is 1. The molecule has 0 saturated carbocycles. The lowest BCUT2D eigenvalue weighted by Gasteiger charge is -2.34. The second kappa shape index (κ2) is 11.2. The first-order valence-corrected chi connectivity index (χ1v) is 11.7. The summed E-state index contributed by atoms with van der Waals surface area (Å²) in [6, 6.07) is 10.5. The molecule has 0 radical (unpaired) electrons. The molecule has 0 aliphatic carbocycles. The number of nitrogens with zero attached hydrogens (tertiary/aromatic N) is 1. The van der Waals surface area contributed by atoms with Gasteiger partial charge in [-0.2, -0.15) is 0 Å². The second-order valence-electron chi connectivity index (χ2n) is 9.29. The van der Waals surface area contributed by atoms with Crippen LogP contribution in [-0.4, -0.2) is 62.8 Å². The number of benzene rings is 2. The summed E-state index contributed by atoms with van der Waals surface area (Å²) in [5.41, 5.74) is 1.33. The standard InChI is InChI=1S/C26H30ClNO8/c1-15(29)35-14-26(2,3)13-28-12-21(22(30)25(31)32)36-23(18-11-16(27)9-10-19(18)28)17-7-6-8-20(33-4)24(17)34-5/h6-11,21,23H,12-14H2,1-5H3,(H,31,32)/t21-,23-/m1/s1. The second-order valence-corrected chi connectivity index (χ2v) is 9.72. The van der Waals surface area contributed by atoms with E-state index in [-0.39, 0.29) is 13.2 Å². The fourth-order valence-electron chi connectivity index (χ4n) is 4.25. The Hall–Kier alpha value is -3.30. The quantitative estimate of drug-likeness (QED) is 0.389. The predicted octanol–water partition coefficient (Wildman–Crippen LogP) is 3.89. The first-order valence-electron chi connectivity index (χ1n) is 11.3. The minimum atomic E-state index is -1.60. The van der Waals surface area contributed by atoms with Crippen molar-refractivity contribution in [3.8, 4) is 11.5 Å². The molecule has 0 bridgehead atoms. The number of methoxy groups -OCH3 is 2. The zero-order valence-electron chi connectivity index (χ0n) is 20.9. The Morgan fingerprint density at radius 1 is 1.14 bits per heavy atom. The minimum Gasteiger partial charge on any atom is -0.493 e. The highest BCUT2D eigenvalue weighted by atomic mass is 35.5. The summed E-state index contributed by atoms with van der Waals surface area (Å²) in [6.45, 7) is 5.59. The van der Waals surface area contributed by atoms with Crippen molar-refractivity contribution in [1.29, 1.82) is 0 Å². The maximum absolute atomic E-state index is 12.7. The third kappa shape index (κ3) is 6.09. The summed E-state index contributed by atoms with van der Waals surface area (Å²) in [7, 11) is 2.99. The van der Waals surface area contributed by atoms with E-state index in [2.05, 4.69) is 0 Å². The Labute approximate surface area is 214 Å². The van der Waals surface area contributed by atoms with E-state index in [1.165, 1.54) is 21.1 Å². The average Bonchev–Trinajstić information content (AvgIpc) is 2.98. The van der Waals surface area contributed by atoms with Gasteiger partial charge in [0.15, 0.2) is 11.5 Å². The van der Waals surface area contributed by atoms with Gasteiger partial charge in [0.1, 0.15) is 12.2 Å². The number of ketones is 1. The van der Waals surface area contributed by atoms with Crippen LogP contribution in [0.1, 0.15) is 38.0 Å². The Kier molecular flexibility index (Phi) is 8.47. The van der Waals surface area contributed by atoms with Gasteiger partial charge in [0.05, 0.1) is 27.4 Å². The largest absolute Gasteiger partial charge is 0.493 e. The van der Waals surface area contributed by atoms with Crippen molar-refractivity contribution in [2.24, 2.45) is 5.41 Å². The Bertz CT molecular complexity index is 1150. The van der Waals surface area contributed by atoms with E-state index >= 15 is 0 Å². The normalized spacial score (nSPS) is 17.6. The number of hydrogen-bond acceptors (Lipinski definition) is 8. The van der Waals surface area contributed by atoms with Gasteiger partial charge in [-0.15, -0.1) is 0 Å². The molecule has 2 aromatic carbocycles. The number of carbonyl (C=O) groups is 3. The summed E-state index contributed by atoms with van der Waals surface area (Å²) < 4.78 is 22.5. The van der Waals surface area contributed by atoms with Gasteiger partial charge < -0.3 is 29.0 Å². The minimum absolute atomic E-state index is 0.0357. The molecule has 3 rings (SSSR count). The van der Waals surface area contributed by atoms with Gasteiger partial charge in [0, 0.05) is 40.7 Å². The number of carboxylic acids is 1. The molecular weight excluding hydrogens is 490 g/mol. The van der Waals surface area contributed by atoms with Crippen LogP contribution in [-0.2, 0) is 23.9 Å². The van der Waals surface area contributed by atoms with Crippen LogP contribution in [0.25, 0.3) is 0 Å². The zero-order valence-corrected chi connectivity index (χ0v) is 21.6. The van der Waals surface area contributed by atoms with Crippen molar-refractivity contribution in [3.63, 3.8) is 0 Å². The van der Waals surface area contributed by atoms with Crippen LogP contribution in [0.2, 0.25) is 5.02 Å². The van der Waals surface area contributed by atoms with E-state index < -0.39 is 35.3 Å². The van der Waals surface area contributed by atoms with E-state index in [1.807, 2.05) is 18.7 Å². The average molecular weight is 520 g/mol. The lowest BCUT2D eigenvalue weighted by molar-refractivity contribution is -0.155. The molecule has 0 fully saturated rings. The molecule has 194 valence electrons. The van der Waals surface area contributed by atoms with Crippen LogP contribution in [0.3, 0.4) is 0 Å². The molecule has 1 aliphatic rings. The number of ether oxygens (including phenoxy) is 4. The number of carbonyl (C=O) groups excluding carboxylic acids is 2. The van der Waals surface area contributed by atoms with Crippen molar-refractivity contribution in [2.45, 2.75) is 33.0 Å². The molecule has 1 aliphatic heterocycles. The lowest BCUT2D eigenvalue weighted by Crippen LogP contribution is -2.45. The summed E-state index contributed by atoms with van der Waals surface area (Å²) in [4.78, 5) is 37.7. The molecule has 0 amide bonds. The number of carboxylic acid groups (broad SMARTS) is 1. The monoisotopic (exact) mass is 519 g/mol. The van der Waals surface area contributed by atoms with Crippen LogP contribution >= 0.6 is 11.6 Å². The van der Waals surface area contributed by atoms with E-state index in [9.17, 15) is 19.5 Å². The molecule has 1 heterocycles. The van der Waals surface area contributed by atoms with Gasteiger partial charge in [-0.05, 0) is 24.3 Å². The van der Waals surface area contributed by atoms with E-state index in [1.54, 1.807) is 36.4 Å². The van der Waals surface area contributed by atoms with Gasteiger partial charge >= 0.3 is 11.9 Å². The Morgan fingerprint density at radius 3 is 2.47 bits per heavy atom. The number of esters is 1. The zero-order chi connectivity index (χ0) is 26.6. The fourth-order valence-corrected chi connectivity index (χ4v) is 4.43. The van der Waals surface area contributed by atoms with Crippen molar-refractivity contribution >= 4 is 35.0 Å².